The van der Waals surface area contributed by atoms with Crippen LogP contribution >= 0.6 is 0 Å². The van der Waals surface area contributed by atoms with E-state index in [0.29, 0.717) is 6.42 Å². The number of carbonyl (C=O) groups is 3. The molecule has 0 saturated heterocycles. The third-order valence-corrected chi connectivity index (χ3v) is 1.29. The molecule has 0 radical (unpaired) electrons. The first-order chi connectivity index (χ1) is 5.52. The van der Waals surface area contributed by atoms with Gasteiger partial charge in [0.2, 0.25) is 0 Å². The summed E-state index contributed by atoms with van der Waals surface area (Å²) in [5.74, 6) is -1.26. The zero-order valence-electron chi connectivity index (χ0n) is 7.00. The Bertz CT molecular complexity index is 195. The van der Waals surface area contributed by atoms with E-state index in [1.54, 1.807) is 0 Å². The molecule has 0 saturated carbocycles. The molecule has 68 valence electrons. The molecule has 0 aliphatic heterocycles. The number of hydrogen-bond acceptors (Lipinski definition) is 3. The van der Waals surface area contributed by atoms with Crippen molar-refractivity contribution in [2.75, 3.05) is 0 Å². The molecule has 0 unspecified atom stereocenters. The molecule has 0 amide bonds. The van der Waals surface area contributed by atoms with E-state index in [1.807, 2.05) is 0 Å². The fourth-order valence-electron chi connectivity index (χ4n) is 0.803. The number of carboxylic acids is 1. The predicted molar refractivity (Wildman–Crippen MR) is 41.8 cm³/mol. The van der Waals surface area contributed by atoms with Crippen LogP contribution in [0.4, 0.5) is 0 Å². The van der Waals surface area contributed by atoms with Crippen molar-refractivity contribution in [3.8, 4) is 0 Å². The van der Waals surface area contributed by atoms with Gasteiger partial charge in [-0.05, 0) is 13.3 Å². The lowest BCUT2D eigenvalue weighted by atomic mass is 10.1. The lowest BCUT2D eigenvalue weighted by Crippen LogP contribution is -2.05. The van der Waals surface area contributed by atoms with Crippen molar-refractivity contribution in [3.05, 3.63) is 0 Å². The third-order valence-electron chi connectivity index (χ3n) is 1.29. The van der Waals surface area contributed by atoms with Crippen LogP contribution < -0.4 is 0 Å². The number of Topliss-reactive ketones (excluding diaryl/α,β-unsaturated/α-hetero) is 2. The summed E-state index contributed by atoms with van der Waals surface area (Å²) in [6.45, 7) is 1.34. The molecule has 0 aromatic carbocycles. The summed E-state index contributed by atoms with van der Waals surface area (Å²) < 4.78 is 0. The van der Waals surface area contributed by atoms with Gasteiger partial charge in [-0.25, -0.2) is 0 Å². The van der Waals surface area contributed by atoms with Gasteiger partial charge in [-0.1, -0.05) is 0 Å². The number of hydrogen-bond donors (Lipinski definition) is 1. The predicted octanol–water partition coefficient (Wildman–Crippen LogP) is 0.789. The Morgan fingerprint density at radius 3 is 2.17 bits per heavy atom. The SMILES string of the molecule is CC(=O)CC(=O)CCCC(=O)O. The summed E-state index contributed by atoms with van der Waals surface area (Å²) in [4.78, 5) is 31.3. The van der Waals surface area contributed by atoms with Gasteiger partial charge >= 0.3 is 5.97 Å². The molecular weight excluding hydrogens is 160 g/mol. The van der Waals surface area contributed by atoms with Crippen LogP contribution in [0, 0.1) is 0 Å². The Hall–Kier alpha value is -1.19. The number of aliphatic carboxylic acids is 1. The Morgan fingerprint density at radius 1 is 1.17 bits per heavy atom. The van der Waals surface area contributed by atoms with E-state index in [-0.39, 0.29) is 30.8 Å². The van der Waals surface area contributed by atoms with E-state index in [0.717, 1.165) is 0 Å². The molecule has 0 atom stereocenters. The lowest BCUT2D eigenvalue weighted by Gasteiger charge is -1.95. The van der Waals surface area contributed by atoms with E-state index in [1.165, 1.54) is 6.92 Å². The summed E-state index contributed by atoms with van der Waals surface area (Å²) >= 11 is 0. The van der Waals surface area contributed by atoms with Crippen molar-refractivity contribution < 1.29 is 19.5 Å². The van der Waals surface area contributed by atoms with Crippen molar-refractivity contribution >= 4 is 17.5 Å². The Balaban J connectivity index is 3.44. The van der Waals surface area contributed by atoms with Crippen LogP contribution in [-0.4, -0.2) is 22.6 Å². The van der Waals surface area contributed by atoms with Crippen molar-refractivity contribution in [1.82, 2.24) is 0 Å². The molecule has 0 aliphatic carbocycles. The Kier molecular flexibility index (Phi) is 4.92. The van der Waals surface area contributed by atoms with Crippen LogP contribution in [0.25, 0.3) is 0 Å². The highest BCUT2D eigenvalue weighted by atomic mass is 16.4. The van der Waals surface area contributed by atoms with Crippen molar-refractivity contribution in [3.63, 3.8) is 0 Å². The van der Waals surface area contributed by atoms with Crippen LogP contribution in [0.15, 0.2) is 0 Å². The van der Waals surface area contributed by atoms with Gasteiger partial charge in [-0.2, -0.15) is 0 Å². The van der Waals surface area contributed by atoms with Gasteiger partial charge in [0, 0.05) is 12.8 Å². The van der Waals surface area contributed by atoms with Gasteiger partial charge in [0.1, 0.15) is 11.6 Å². The molecule has 0 rings (SSSR count). The molecule has 1 N–H and O–H groups in total. The van der Waals surface area contributed by atoms with Crippen molar-refractivity contribution in [1.29, 1.82) is 0 Å². The first-order valence-electron chi connectivity index (χ1n) is 3.75. The second kappa shape index (κ2) is 5.46. The minimum atomic E-state index is -0.911. The average molecular weight is 172 g/mol. The standard InChI is InChI=1S/C8H12O4/c1-6(9)5-7(10)3-2-4-8(11)12/h2-5H2,1H3,(H,11,12). The summed E-state index contributed by atoms with van der Waals surface area (Å²) in [6.07, 6.45) is 0.427. The molecule has 0 heterocycles. The average Bonchev–Trinajstić information content (AvgIpc) is 1.84. The van der Waals surface area contributed by atoms with Gasteiger partial charge < -0.3 is 5.11 Å². The third kappa shape index (κ3) is 6.92. The fraction of sp³-hybridized carbons (Fsp3) is 0.625. The highest BCUT2D eigenvalue weighted by Crippen LogP contribution is 1.99. The van der Waals surface area contributed by atoms with E-state index in [4.69, 9.17) is 5.11 Å². The van der Waals surface area contributed by atoms with E-state index in [9.17, 15) is 14.4 Å². The second-order valence-corrected chi connectivity index (χ2v) is 2.66. The molecular formula is C8H12O4. The molecule has 0 fully saturated rings. The van der Waals surface area contributed by atoms with E-state index in [2.05, 4.69) is 0 Å². The quantitative estimate of drug-likeness (QED) is 0.601. The maximum Gasteiger partial charge on any atom is 0.303 e. The number of rotatable bonds is 6. The summed E-state index contributed by atoms with van der Waals surface area (Å²) in [7, 11) is 0. The molecule has 4 heteroatoms. The summed E-state index contributed by atoms with van der Waals surface area (Å²) in [5.41, 5.74) is 0. The fourth-order valence-corrected chi connectivity index (χ4v) is 0.803. The molecule has 12 heavy (non-hydrogen) atoms. The molecule has 0 aliphatic rings. The van der Waals surface area contributed by atoms with Crippen LogP contribution in [0.1, 0.15) is 32.6 Å². The monoisotopic (exact) mass is 172 g/mol. The highest BCUT2D eigenvalue weighted by molar-refractivity contribution is 5.97. The molecule has 0 bridgehead atoms. The van der Waals surface area contributed by atoms with Gasteiger partial charge in [-0.15, -0.1) is 0 Å². The smallest absolute Gasteiger partial charge is 0.303 e. The van der Waals surface area contributed by atoms with Crippen LogP contribution in [0.3, 0.4) is 0 Å². The zero-order valence-corrected chi connectivity index (χ0v) is 7.00. The van der Waals surface area contributed by atoms with Gasteiger partial charge in [0.05, 0.1) is 6.42 Å². The minimum absolute atomic E-state index is 0.0103. The van der Waals surface area contributed by atoms with Crippen molar-refractivity contribution in [2.45, 2.75) is 32.6 Å². The molecule has 0 aromatic rings. The van der Waals surface area contributed by atoms with Gasteiger partial charge in [0.25, 0.3) is 0 Å². The number of ketones is 2. The highest BCUT2D eigenvalue weighted by Gasteiger charge is 2.05. The molecule has 0 spiro atoms. The zero-order chi connectivity index (χ0) is 9.56. The summed E-state index contributed by atoms with van der Waals surface area (Å²) in [6, 6.07) is 0. The Morgan fingerprint density at radius 2 is 1.75 bits per heavy atom. The topological polar surface area (TPSA) is 71.4 Å². The van der Waals surface area contributed by atoms with Crippen molar-refractivity contribution in [2.24, 2.45) is 0 Å². The maximum atomic E-state index is 10.8. The maximum absolute atomic E-state index is 10.8. The van der Waals surface area contributed by atoms with Crippen LogP contribution in [0.2, 0.25) is 0 Å². The normalized spacial score (nSPS) is 9.42. The largest absolute Gasteiger partial charge is 0.481 e. The molecule has 0 aromatic heterocycles. The van der Waals surface area contributed by atoms with E-state index >= 15 is 0 Å². The van der Waals surface area contributed by atoms with Gasteiger partial charge in [0.15, 0.2) is 0 Å². The second-order valence-electron chi connectivity index (χ2n) is 2.66. The van der Waals surface area contributed by atoms with Crippen LogP contribution in [0.5, 0.6) is 0 Å². The number of carboxylic acid groups (broad SMARTS) is 1. The lowest BCUT2D eigenvalue weighted by molar-refractivity contribution is -0.137. The minimum Gasteiger partial charge on any atom is -0.481 e. The van der Waals surface area contributed by atoms with E-state index < -0.39 is 5.97 Å². The van der Waals surface area contributed by atoms with Crippen LogP contribution in [-0.2, 0) is 14.4 Å². The first kappa shape index (κ1) is 10.8. The first-order valence-corrected chi connectivity index (χ1v) is 3.75. The Labute approximate surface area is 70.6 Å². The summed E-state index contributed by atoms with van der Waals surface area (Å²) in [5, 5.41) is 8.23. The molecule has 4 nitrogen and oxygen atoms in total. The number of carbonyl (C=O) groups excluding carboxylic acids is 2. The van der Waals surface area contributed by atoms with Gasteiger partial charge in [-0.3, -0.25) is 14.4 Å².